The van der Waals surface area contributed by atoms with Gasteiger partial charge in [-0.05, 0) is 41.3 Å². The average Bonchev–Trinajstić information content (AvgIpc) is 2.94. The lowest BCUT2D eigenvalue weighted by atomic mass is 10.0. The Balaban J connectivity index is 1.62. The second kappa shape index (κ2) is 5.97. The van der Waals surface area contributed by atoms with Gasteiger partial charge in [0.05, 0.1) is 4.90 Å². The molecule has 1 fully saturated rings. The van der Waals surface area contributed by atoms with E-state index in [4.69, 9.17) is 9.66 Å². The Morgan fingerprint density at radius 3 is 2.44 bits per heavy atom. The molecule has 3 aromatic rings. The molecule has 2 N–H and O–H groups in total. The first-order chi connectivity index (χ1) is 12.7. The van der Waals surface area contributed by atoms with Crippen LogP contribution < -0.4 is 5.14 Å². The first kappa shape index (κ1) is 17.8. The van der Waals surface area contributed by atoms with E-state index >= 15 is 0 Å². The summed E-state index contributed by atoms with van der Waals surface area (Å²) in [6.07, 6.45) is 0. The lowest BCUT2D eigenvalue weighted by Crippen LogP contribution is -2.11. The van der Waals surface area contributed by atoms with Crippen LogP contribution in [-0.2, 0) is 10.0 Å². The standard InChI is InChI=1S/C19H18FN3O3S/c1-19(2)15(11-6-8-14(9-7-11)27(21,24)25)16(19)17-22-18(26-23-17)12-4-3-5-13(20)10-12/h3-10,15-16H,1-2H3,(H2,21,24,25)/t15-,16+/m1/s1. The van der Waals surface area contributed by atoms with E-state index in [0.29, 0.717) is 11.4 Å². The molecule has 4 rings (SSSR count). The fourth-order valence-electron chi connectivity index (χ4n) is 3.71. The molecule has 0 radical (unpaired) electrons. The van der Waals surface area contributed by atoms with Crippen LogP contribution in [0.25, 0.3) is 11.5 Å². The van der Waals surface area contributed by atoms with Crippen LogP contribution in [-0.4, -0.2) is 18.6 Å². The van der Waals surface area contributed by atoms with Crippen molar-refractivity contribution in [1.29, 1.82) is 0 Å². The highest BCUT2D eigenvalue weighted by Crippen LogP contribution is 2.69. The molecule has 0 aliphatic heterocycles. The van der Waals surface area contributed by atoms with Gasteiger partial charge in [0.25, 0.3) is 5.89 Å². The zero-order valence-electron chi connectivity index (χ0n) is 14.8. The van der Waals surface area contributed by atoms with Gasteiger partial charge in [-0.25, -0.2) is 17.9 Å². The molecule has 6 nitrogen and oxygen atoms in total. The predicted octanol–water partition coefficient (Wildman–Crippen LogP) is 3.43. The van der Waals surface area contributed by atoms with Gasteiger partial charge in [0, 0.05) is 17.4 Å². The topological polar surface area (TPSA) is 99.1 Å². The third-order valence-electron chi connectivity index (χ3n) is 5.19. The minimum Gasteiger partial charge on any atom is -0.334 e. The summed E-state index contributed by atoms with van der Waals surface area (Å²) in [4.78, 5) is 4.53. The van der Waals surface area contributed by atoms with Crippen molar-refractivity contribution in [2.75, 3.05) is 0 Å². The van der Waals surface area contributed by atoms with Crippen LogP contribution in [0.5, 0.6) is 0 Å². The van der Waals surface area contributed by atoms with Crippen LogP contribution in [0.1, 0.15) is 37.1 Å². The van der Waals surface area contributed by atoms with Crippen molar-refractivity contribution in [3.05, 3.63) is 65.7 Å². The van der Waals surface area contributed by atoms with Gasteiger partial charge in [-0.2, -0.15) is 4.98 Å². The second-order valence-corrected chi connectivity index (χ2v) is 8.92. The second-order valence-electron chi connectivity index (χ2n) is 7.36. The zero-order valence-corrected chi connectivity index (χ0v) is 15.6. The van der Waals surface area contributed by atoms with Crippen LogP contribution in [0.2, 0.25) is 0 Å². The summed E-state index contributed by atoms with van der Waals surface area (Å²) in [5.74, 6) is 0.594. The van der Waals surface area contributed by atoms with Crippen molar-refractivity contribution in [1.82, 2.24) is 10.1 Å². The number of hydrogen-bond acceptors (Lipinski definition) is 5. The molecule has 2 atom stereocenters. The minimum atomic E-state index is -3.72. The third-order valence-corrected chi connectivity index (χ3v) is 6.12. The van der Waals surface area contributed by atoms with E-state index < -0.39 is 10.0 Å². The van der Waals surface area contributed by atoms with Gasteiger partial charge >= 0.3 is 0 Å². The summed E-state index contributed by atoms with van der Waals surface area (Å²) >= 11 is 0. The first-order valence-electron chi connectivity index (χ1n) is 8.40. The molecule has 0 saturated heterocycles. The molecule has 1 saturated carbocycles. The van der Waals surface area contributed by atoms with Crippen molar-refractivity contribution >= 4 is 10.0 Å². The van der Waals surface area contributed by atoms with E-state index in [1.807, 2.05) is 0 Å². The maximum absolute atomic E-state index is 13.4. The Bertz CT molecular complexity index is 1110. The summed E-state index contributed by atoms with van der Waals surface area (Å²) in [7, 11) is -3.72. The largest absolute Gasteiger partial charge is 0.334 e. The molecule has 8 heteroatoms. The molecule has 1 aliphatic carbocycles. The number of benzene rings is 2. The van der Waals surface area contributed by atoms with Crippen molar-refractivity contribution in [2.45, 2.75) is 30.6 Å². The molecule has 0 amide bonds. The van der Waals surface area contributed by atoms with Crippen LogP contribution in [0, 0.1) is 11.2 Å². The maximum Gasteiger partial charge on any atom is 0.258 e. The van der Waals surface area contributed by atoms with Gasteiger partial charge in [0.1, 0.15) is 5.82 Å². The Kier molecular flexibility index (Phi) is 3.94. The maximum atomic E-state index is 13.4. The molecule has 1 aliphatic rings. The summed E-state index contributed by atoms with van der Waals surface area (Å²) in [6, 6.07) is 12.5. The lowest BCUT2D eigenvalue weighted by Gasteiger charge is -2.04. The Morgan fingerprint density at radius 2 is 1.81 bits per heavy atom. The van der Waals surface area contributed by atoms with Gasteiger partial charge in [-0.3, -0.25) is 0 Å². The monoisotopic (exact) mass is 387 g/mol. The number of nitrogens with zero attached hydrogens (tertiary/aromatic N) is 2. The highest BCUT2D eigenvalue weighted by Gasteiger charge is 2.61. The predicted molar refractivity (Wildman–Crippen MR) is 96.8 cm³/mol. The third kappa shape index (κ3) is 3.15. The average molecular weight is 387 g/mol. The molecular weight excluding hydrogens is 369 g/mol. The normalized spacial score (nSPS) is 21.2. The Hall–Kier alpha value is -2.58. The number of sulfonamides is 1. The molecule has 2 aromatic carbocycles. The van der Waals surface area contributed by atoms with E-state index in [1.54, 1.807) is 24.3 Å². The Morgan fingerprint density at radius 1 is 1.11 bits per heavy atom. The SMILES string of the molecule is CC1(C)[C@H](c2ccc(S(N)(=O)=O)cc2)[C@H]1c1noc(-c2cccc(F)c2)n1. The Labute approximate surface area is 156 Å². The highest BCUT2D eigenvalue weighted by atomic mass is 32.2. The van der Waals surface area contributed by atoms with Crippen molar-refractivity contribution in [3.63, 3.8) is 0 Å². The van der Waals surface area contributed by atoms with E-state index in [1.165, 1.54) is 24.3 Å². The molecule has 140 valence electrons. The van der Waals surface area contributed by atoms with Crippen molar-refractivity contribution < 1.29 is 17.3 Å². The molecule has 1 aromatic heterocycles. The smallest absolute Gasteiger partial charge is 0.258 e. The summed E-state index contributed by atoms with van der Waals surface area (Å²) in [6.45, 7) is 4.18. The quantitative estimate of drug-likeness (QED) is 0.739. The minimum absolute atomic E-state index is 0.0175. The van der Waals surface area contributed by atoms with E-state index in [2.05, 4.69) is 24.0 Å². The van der Waals surface area contributed by atoms with Crippen LogP contribution in [0.15, 0.2) is 57.9 Å². The molecule has 0 bridgehead atoms. The van der Waals surface area contributed by atoms with Crippen molar-refractivity contribution in [2.24, 2.45) is 10.6 Å². The van der Waals surface area contributed by atoms with Crippen molar-refractivity contribution in [3.8, 4) is 11.5 Å². The summed E-state index contributed by atoms with van der Waals surface area (Å²) in [5, 5.41) is 9.24. The number of nitrogens with two attached hydrogens (primary N) is 1. The molecular formula is C19H18FN3O3S. The van der Waals surface area contributed by atoms with Crippen LogP contribution >= 0.6 is 0 Å². The van der Waals surface area contributed by atoms with Gasteiger partial charge in [0.2, 0.25) is 10.0 Å². The number of hydrogen-bond donors (Lipinski definition) is 1. The lowest BCUT2D eigenvalue weighted by molar-refractivity contribution is 0.419. The van der Waals surface area contributed by atoms with Gasteiger partial charge in [-0.1, -0.05) is 37.2 Å². The molecule has 27 heavy (non-hydrogen) atoms. The fraction of sp³-hybridized carbons (Fsp3) is 0.263. The van der Waals surface area contributed by atoms with Crippen LogP contribution in [0.3, 0.4) is 0 Å². The van der Waals surface area contributed by atoms with E-state index in [0.717, 1.165) is 5.56 Å². The van der Waals surface area contributed by atoms with Gasteiger partial charge in [-0.15, -0.1) is 0 Å². The number of primary sulfonamides is 1. The van der Waals surface area contributed by atoms with Gasteiger partial charge in [0.15, 0.2) is 5.82 Å². The first-order valence-corrected chi connectivity index (χ1v) is 9.95. The summed E-state index contributed by atoms with van der Waals surface area (Å²) in [5.41, 5.74) is 1.39. The fourth-order valence-corrected chi connectivity index (χ4v) is 4.22. The molecule has 1 heterocycles. The number of halogens is 1. The number of rotatable bonds is 4. The molecule has 0 spiro atoms. The molecule has 0 unspecified atom stereocenters. The van der Waals surface area contributed by atoms with E-state index in [9.17, 15) is 12.8 Å². The zero-order chi connectivity index (χ0) is 19.4. The van der Waals surface area contributed by atoms with Crippen LogP contribution in [0.4, 0.5) is 4.39 Å². The highest BCUT2D eigenvalue weighted by molar-refractivity contribution is 7.89. The summed E-state index contributed by atoms with van der Waals surface area (Å²) < 4.78 is 41.6. The van der Waals surface area contributed by atoms with Gasteiger partial charge < -0.3 is 4.52 Å². The number of aromatic nitrogens is 2. The van der Waals surface area contributed by atoms with E-state index in [-0.39, 0.29) is 33.9 Å².